The van der Waals surface area contributed by atoms with Gasteiger partial charge in [-0.3, -0.25) is 13.9 Å². The molecule has 214 valence electrons. The topological polar surface area (TPSA) is 86.8 Å². The van der Waals surface area contributed by atoms with Gasteiger partial charge in [0.1, 0.15) is 12.6 Å². The van der Waals surface area contributed by atoms with Crippen molar-refractivity contribution >= 4 is 39.1 Å². The van der Waals surface area contributed by atoms with E-state index in [1.165, 1.54) is 17.0 Å². The maximum absolute atomic E-state index is 14.1. The Kier molecular flexibility index (Phi) is 10.4. The summed E-state index contributed by atoms with van der Waals surface area (Å²) in [6, 6.07) is 18.1. The third-order valence-electron chi connectivity index (χ3n) is 6.50. The van der Waals surface area contributed by atoms with Crippen LogP contribution in [-0.4, -0.2) is 43.8 Å². The zero-order chi connectivity index (χ0) is 29.6. The number of halogens is 1. The van der Waals surface area contributed by atoms with E-state index in [9.17, 15) is 18.0 Å². The lowest BCUT2D eigenvalue weighted by Gasteiger charge is -2.34. The molecule has 9 heteroatoms. The van der Waals surface area contributed by atoms with Gasteiger partial charge in [0.25, 0.3) is 10.0 Å². The summed E-state index contributed by atoms with van der Waals surface area (Å²) in [6.45, 7) is 10.7. The van der Waals surface area contributed by atoms with Gasteiger partial charge in [0.15, 0.2) is 0 Å². The molecule has 0 spiro atoms. The summed E-state index contributed by atoms with van der Waals surface area (Å²) in [4.78, 5) is 28.9. The van der Waals surface area contributed by atoms with Crippen LogP contribution in [0.4, 0.5) is 5.69 Å². The van der Waals surface area contributed by atoms with Crippen molar-refractivity contribution in [1.82, 2.24) is 10.2 Å². The third kappa shape index (κ3) is 7.64. The van der Waals surface area contributed by atoms with Gasteiger partial charge in [-0.05, 0) is 88.1 Å². The first-order valence-electron chi connectivity index (χ1n) is 13.3. The average molecular weight is 584 g/mol. The molecule has 0 heterocycles. The highest BCUT2D eigenvalue weighted by atomic mass is 35.5. The number of aryl methyl sites for hydroxylation is 3. The van der Waals surface area contributed by atoms with Gasteiger partial charge in [-0.15, -0.1) is 0 Å². The Morgan fingerprint density at radius 1 is 0.900 bits per heavy atom. The summed E-state index contributed by atoms with van der Waals surface area (Å²) in [7, 11) is -4.13. The lowest BCUT2D eigenvalue weighted by molar-refractivity contribution is -0.140. The maximum Gasteiger partial charge on any atom is 0.264 e. The number of anilines is 1. The number of benzene rings is 3. The summed E-state index contributed by atoms with van der Waals surface area (Å²) >= 11 is 6.44. The number of sulfonamides is 1. The monoisotopic (exact) mass is 583 g/mol. The zero-order valence-corrected chi connectivity index (χ0v) is 25.5. The van der Waals surface area contributed by atoms with Crippen LogP contribution in [-0.2, 0) is 26.2 Å². The molecule has 1 N–H and O–H groups in total. The number of hydrogen-bond donors (Lipinski definition) is 1. The van der Waals surface area contributed by atoms with Crippen LogP contribution in [0.2, 0.25) is 5.02 Å². The van der Waals surface area contributed by atoms with E-state index in [0.717, 1.165) is 21.0 Å². The minimum atomic E-state index is -4.13. The molecule has 0 bridgehead atoms. The molecule has 0 unspecified atom stereocenters. The molecular formula is C31H38ClN3O4S. The Balaban J connectivity index is 2.11. The second kappa shape index (κ2) is 13.3. The molecule has 1 atom stereocenters. The molecule has 0 aliphatic carbocycles. The molecular weight excluding hydrogens is 546 g/mol. The highest BCUT2D eigenvalue weighted by molar-refractivity contribution is 7.92. The third-order valence-corrected chi connectivity index (χ3v) is 8.65. The molecule has 40 heavy (non-hydrogen) atoms. The van der Waals surface area contributed by atoms with Crippen LogP contribution in [0.5, 0.6) is 0 Å². The van der Waals surface area contributed by atoms with Crippen LogP contribution in [0.15, 0.2) is 71.6 Å². The fourth-order valence-corrected chi connectivity index (χ4v) is 6.16. The summed E-state index contributed by atoms with van der Waals surface area (Å²) < 4.78 is 29.2. The quantitative estimate of drug-likeness (QED) is 0.309. The lowest BCUT2D eigenvalue weighted by Crippen LogP contribution is -2.53. The van der Waals surface area contributed by atoms with Crippen molar-refractivity contribution < 1.29 is 18.0 Å². The molecule has 0 radical (unpaired) electrons. The fourth-order valence-electron chi connectivity index (χ4n) is 4.57. The fraction of sp³-hybridized carbons (Fsp3) is 0.355. The van der Waals surface area contributed by atoms with E-state index in [-0.39, 0.29) is 23.4 Å². The second-order valence-corrected chi connectivity index (χ2v) is 12.6. The Morgan fingerprint density at radius 3 is 2.05 bits per heavy atom. The Labute approximate surface area is 243 Å². The lowest BCUT2D eigenvalue weighted by atomic mass is 10.1. The smallest absolute Gasteiger partial charge is 0.264 e. The second-order valence-electron chi connectivity index (χ2n) is 10.4. The molecule has 0 aliphatic rings. The predicted octanol–water partition coefficient (Wildman–Crippen LogP) is 5.79. The minimum absolute atomic E-state index is 0.0494. The molecule has 3 aromatic rings. The molecule has 3 rings (SSSR count). The van der Waals surface area contributed by atoms with Crippen molar-refractivity contribution in [2.75, 3.05) is 10.8 Å². The molecule has 0 fully saturated rings. The number of amides is 2. The normalized spacial score (nSPS) is 12.2. The van der Waals surface area contributed by atoms with Gasteiger partial charge in [-0.1, -0.05) is 60.5 Å². The van der Waals surface area contributed by atoms with Crippen molar-refractivity contribution in [3.8, 4) is 0 Å². The van der Waals surface area contributed by atoms with Crippen LogP contribution in [0, 0.1) is 20.8 Å². The largest absolute Gasteiger partial charge is 0.352 e. The number of nitrogens with one attached hydrogen (secondary N) is 1. The van der Waals surface area contributed by atoms with E-state index in [2.05, 4.69) is 5.32 Å². The van der Waals surface area contributed by atoms with E-state index in [1.807, 2.05) is 53.7 Å². The van der Waals surface area contributed by atoms with Gasteiger partial charge >= 0.3 is 0 Å². The first kappa shape index (κ1) is 31.2. The van der Waals surface area contributed by atoms with Gasteiger partial charge in [0, 0.05) is 17.6 Å². The number of carbonyl (C=O) groups excluding carboxylic acids is 2. The van der Waals surface area contributed by atoms with E-state index in [0.29, 0.717) is 22.7 Å². The SMILES string of the molecule is CC[C@H](C(=O)NC(C)C)N(Cc1ccccc1Cl)C(=O)CN(c1cc(C)cc(C)c1)S(=O)(=O)c1ccc(C)cc1. The molecule has 0 saturated heterocycles. The van der Waals surface area contributed by atoms with Gasteiger partial charge in [0.05, 0.1) is 10.6 Å². The first-order chi connectivity index (χ1) is 18.8. The minimum Gasteiger partial charge on any atom is -0.352 e. The van der Waals surface area contributed by atoms with Crippen LogP contribution < -0.4 is 9.62 Å². The maximum atomic E-state index is 14.1. The van der Waals surface area contributed by atoms with Crippen LogP contribution in [0.3, 0.4) is 0 Å². The van der Waals surface area contributed by atoms with E-state index < -0.39 is 28.5 Å². The van der Waals surface area contributed by atoms with E-state index in [1.54, 1.807) is 42.5 Å². The van der Waals surface area contributed by atoms with E-state index in [4.69, 9.17) is 11.6 Å². The van der Waals surface area contributed by atoms with Crippen molar-refractivity contribution in [3.63, 3.8) is 0 Å². The van der Waals surface area contributed by atoms with Gasteiger partial charge in [-0.2, -0.15) is 0 Å². The molecule has 0 aliphatic heterocycles. The molecule has 2 amide bonds. The number of rotatable bonds is 11. The molecule has 0 saturated carbocycles. The Bertz CT molecular complexity index is 1440. The van der Waals surface area contributed by atoms with Crippen LogP contribution >= 0.6 is 11.6 Å². The van der Waals surface area contributed by atoms with Gasteiger partial charge in [-0.25, -0.2) is 8.42 Å². The Morgan fingerprint density at radius 2 is 1.50 bits per heavy atom. The number of carbonyl (C=O) groups is 2. The van der Waals surface area contributed by atoms with Gasteiger partial charge in [0.2, 0.25) is 11.8 Å². The van der Waals surface area contributed by atoms with Gasteiger partial charge < -0.3 is 10.2 Å². The summed E-state index contributed by atoms with van der Waals surface area (Å²) in [5, 5.41) is 3.35. The van der Waals surface area contributed by atoms with Crippen molar-refractivity contribution in [1.29, 1.82) is 0 Å². The molecule has 0 aromatic heterocycles. The number of hydrogen-bond acceptors (Lipinski definition) is 4. The number of nitrogens with zero attached hydrogens (tertiary/aromatic N) is 2. The van der Waals surface area contributed by atoms with Crippen molar-refractivity contribution in [2.45, 2.75) is 71.5 Å². The van der Waals surface area contributed by atoms with Crippen LogP contribution in [0.25, 0.3) is 0 Å². The zero-order valence-electron chi connectivity index (χ0n) is 23.9. The summed E-state index contributed by atoms with van der Waals surface area (Å²) in [6.07, 6.45) is 0.336. The predicted molar refractivity (Wildman–Crippen MR) is 161 cm³/mol. The van der Waals surface area contributed by atoms with E-state index >= 15 is 0 Å². The van der Waals surface area contributed by atoms with Crippen molar-refractivity contribution in [2.24, 2.45) is 0 Å². The standard InChI is InChI=1S/C31H38ClN3O4S/c1-7-29(31(37)33-21(2)3)34(19-25-10-8-9-11-28(25)32)30(36)20-35(26-17-23(5)16-24(6)18-26)40(38,39)27-14-12-22(4)13-15-27/h8-18,21,29H,7,19-20H2,1-6H3,(H,33,37)/t29-/m1/s1. The summed E-state index contributed by atoms with van der Waals surface area (Å²) in [5.74, 6) is -0.822. The Hall–Kier alpha value is -3.36. The summed E-state index contributed by atoms with van der Waals surface area (Å²) in [5.41, 5.74) is 3.68. The molecule has 7 nitrogen and oxygen atoms in total. The van der Waals surface area contributed by atoms with Crippen LogP contribution in [0.1, 0.15) is 49.4 Å². The first-order valence-corrected chi connectivity index (χ1v) is 15.2. The molecule has 3 aromatic carbocycles. The highest BCUT2D eigenvalue weighted by Crippen LogP contribution is 2.27. The highest BCUT2D eigenvalue weighted by Gasteiger charge is 2.34. The van der Waals surface area contributed by atoms with Crippen molar-refractivity contribution in [3.05, 3.63) is 94.0 Å². The average Bonchev–Trinajstić information content (AvgIpc) is 2.87.